The van der Waals surface area contributed by atoms with Crippen LogP contribution in [0.15, 0.2) is 24.0 Å². The van der Waals surface area contributed by atoms with Crippen molar-refractivity contribution in [3.63, 3.8) is 0 Å². The Hall–Kier alpha value is -0.720. The van der Waals surface area contributed by atoms with Gasteiger partial charge in [-0.25, -0.2) is 0 Å². The minimum atomic E-state index is 0.643. The lowest BCUT2D eigenvalue weighted by Crippen LogP contribution is -1.98. The maximum absolute atomic E-state index is 5.07. The molecule has 0 saturated carbocycles. The fourth-order valence-electron chi connectivity index (χ4n) is 0.957. The minimum absolute atomic E-state index is 0.643. The van der Waals surface area contributed by atoms with Crippen LogP contribution in [-0.4, -0.2) is 7.11 Å². The van der Waals surface area contributed by atoms with Crippen molar-refractivity contribution in [2.24, 2.45) is 5.92 Å². The average Bonchev–Trinajstić information content (AvgIpc) is 1.88. The lowest BCUT2D eigenvalue weighted by atomic mass is 10.0. The fourth-order valence-corrected chi connectivity index (χ4v) is 0.957. The molecule has 0 aromatic carbocycles. The van der Waals surface area contributed by atoms with Gasteiger partial charge in [-0.1, -0.05) is 19.1 Å². The summed E-state index contributed by atoms with van der Waals surface area (Å²) in [5.41, 5.74) is 0. The first-order chi connectivity index (χ1) is 4.33. The molecule has 50 valence electrons. The van der Waals surface area contributed by atoms with E-state index in [-0.39, 0.29) is 0 Å². The number of rotatable bonds is 1. The highest BCUT2D eigenvalue weighted by Crippen LogP contribution is 2.17. The fraction of sp³-hybridized carbons (Fsp3) is 0.500. The molecule has 0 aliphatic heterocycles. The molecule has 1 rings (SSSR count). The van der Waals surface area contributed by atoms with Gasteiger partial charge in [-0.3, -0.25) is 0 Å². The van der Waals surface area contributed by atoms with Gasteiger partial charge in [0.1, 0.15) is 0 Å². The van der Waals surface area contributed by atoms with E-state index in [0.717, 1.165) is 12.2 Å². The Kier molecular flexibility index (Phi) is 1.93. The van der Waals surface area contributed by atoms with Crippen LogP contribution in [0.1, 0.15) is 13.3 Å². The van der Waals surface area contributed by atoms with Gasteiger partial charge in [0.05, 0.1) is 12.9 Å². The van der Waals surface area contributed by atoms with Gasteiger partial charge in [-0.2, -0.15) is 0 Å². The van der Waals surface area contributed by atoms with Crippen LogP contribution in [0.25, 0.3) is 0 Å². The molecule has 1 aliphatic carbocycles. The molecule has 0 aromatic rings. The van der Waals surface area contributed by atoms with E-state index < -0.39 is 0 Å². The standard InChI is InChI=1S/C8H12O/c1-7-4-3-5-8(6-7)9-2/h3-5,7H,6H2,1-2H3. The Labute approximate surface area is 56.0 Å². The van der Waals surface area contributed by atoms with Gasteiger partial charge in [-0.05, 0) is 12.0 Å². The number of methoxy groups -OCH3 is 1. The van der Waals surface area contributed by atoms with Crippen LogP contribution < -0.4 is 0 Å². The summed E-state index contributed by atoms with van der Waals surface area (Å²) in [6.45, 7) is 2.18. The Morgan fingerprint density at radius 1 is 1.67 bits per heavy atom. The second-order valence-electron chi connectivity index (χ2n) is 2.40. The maximum Gasteiger partial charge on any atom is 0.0961 e. The van der Waals surface area contributed by atoms with Gasteiger partial charge in [0.15, 0.2) is 0 Å². The van der Waals surface area contributed by atoms with Crippen molar-refractivity contribution in [2.75, 3.05) is 7.11 Å². The summed E-state index contributed by atoms with van der Waals surface area (Å²) >= 11 is 0. The highest BCUT2D eigenvalue weighted by atomic mass is 16.5. The molecule has 0 N–H and O–H groups in total. The van der Waals surface area contributed by atoms with Gasteiger partial charge in [-0.15, -0.1) is 0 Å². The van der Waals surface area contributed by atoms with E-state index in [1.807, 2.05) is 12.2 Å². The van der Waals surface area contributed by atoms with Crippen molar-refractivity contribution in [1.29, 1.82) is 0 Å². The molecule has 0 spiro atoms. The molecule has 0 fully saturated rings. The van der Waals surface area contributed by atoms with Crippen molar-refractivity contribution in [3.05, 3.63) is 24.0 Å². The van der Waals surface area contributed by atoms with Crippen molar-refractivity contribution in [1.82, 2.24) is 0 Å². The first-order valence-electron chi connectivity index (χ1n) is 3.24. The zero-order chi connectivity index (χ0) is 6.69. The topological polar surface area (TPSA) is 9.23 Å². The molecule has 0 amide bonds. The van der Waals surface area contributed by atoms with E-state index in [9.17, 15) is 0 Å². The lowest BCUT2D eigenvalue weighted by Gasteiger charge is -2.12. The summed E-state index contributed by atoms with van der Waals surface area (Å²) in [6.07, 6.45) is 7.29. The molecule has 0 bridgehead atoms. The molecule has 0 saturated heterocycles. The summed E-state index contributed by atoms with van der Waals surface area (Å²) in [7, 11) is 1.72. The number of ether oxygens (including phenoxy) is 1. The van der Waals surface area contributed by atoms with E-state index in [0.29, 0.717) is 5.92 Å². The first kappa shape index (κ1) is 6.40. The van der Waals surface area contributed by atoms with Gasteiger partial charge >= 0.3 is 0 Å². The molecule has 0 aromatic heterocycles. The highest BCUT2D eigenvalue weighted by molar-refractivity contribution is 5.14. The largest absolute Gasteiger partial charge is 0.501 e. The second-order valence-corrected chi connectivity index (χ2v) is 2.40. The summed E-state index contributed by atoms with van der Waals surface area (Å²) in [6, 6.07) is 0. The third-order valence-electron chi connectivity index (χ3n) is 1.51. The van der Waals surface area contributed by atoms with Crippen molar-refractivity contribution in [2.45, 2.75) is 13.3 Å². The number of hydrogen-bond donors (Lipinski definition) is 0. The predicted octanol–water partition coefficient (Wildman–Crippen LogP) is 2.11. The smallest absolute Gasteiger partial charge is 0.0961 e. The lowest BCUT2D eigenvalue weighted by molar-refractivity contribution is 0.267. The summed E-state index contributed by atoms with van der Waals surface area (Å²) in [5, 5.41) is 0. The van der Waals surface area contributed by atoms with Gasteiger partial charge < -0.3 is 4.74 Å². The molecule has 1 heteroatoms. The van der Waals surface area contributed by atoms with Crippen LogP contribution in [0.3, 0.4) is 0 Å². The Balaban J connectivity index is 2.55. The molecule has 0 radical (unpaired) electrons. The van der Waals surface area contributed by atoms with Crippen LogP contribution in [-0.2, 0) is 4.74 Å². The minimum Gasteiger partial charge on any atom is -0.501 e. The van der Waals surface area contributed by atoms with Crippen molar-refractivity contribution < 1.29 is 4.74 Å². The first-order valence-corrected chi connectivity index (χ1v) is 3.24. The van der Waals surface area contributed by atoms with E-state index in [4.69, 9.17) is 4.74 Å². The van der Waals surface area contributed by atoms with Gasteiger partial charge in [0.25, 0.3) is 0 Å². The third-order valence-corrected chi connectivity index (χ3v) is 1.51. The average molecular weight is 124 g/mol. The molecular weight excluding hydrogens is 112 g/mol. The normalized spacial score (nSPS) is 25.6. The summed E-state index contributed by atoms with van der Waals surface area (Å²) in [5.74, 6) is 1.73. The highest BCUT2D eigenvalue weighted by Gasteiger charge is 2.04. The van der Waals surface area contributed by atoms with Crippen molar-refractivity contribution in [3.8, 4) is 0 Å². The number of allylic oxidation sites excluding steroid dienone is 4. The quantitative estimate of drug-likeness (QED) is 0.520. The van der Waals surface area contributed by atoms with Gasteiger partial charge in [0, 0.05) is 6.42 Å². The Bertz CT molecular complexity index is 145. The third kappa shape index (κ3) is 1.60. The zero-order valence-electron chi connectivity index (χ0n) is 5.92. The monoisotopic (exact) mass is 124 g/mol. The van der Waals surface area contributed by atoms with Crippen LogP contribution in [0.5, 0.6) is 0 Å². The summed E-state index contributed by atoms with van der Waals surface area (Å²) in [4.78, 5) is 0. The molecule has 1 aliphatic rings. The van der Waals surface area contributed by atoms with E-state index in [2.05, 4.69) is 13.0 Å². The molecule has 1 atom stereocenters. The number of hydrogen-bond acceptors (Lipinski definition) is 1. The van der Waals surface area contributed by atoms with E-state index in [1.54, 1.807) is 7.11 Å². The van der Waals surface area contributed by atoms with Crippen LogP contribution in [0.2, 0.25) is 0 Å². The van der Waals surface area contributed by atoms with Crippen LogP contribution in [0, 0.1) is 5.92 Å². The predicted molar refractivity (Wildman–Crippen MR) is 38.0 cm³/mol. The SMILES string of the molecule is COC1=CC=CC(C)C1. The molecule has 1 unspecified atom stereocenters. The molecule has 0 heterocycles. The van der Waals surface area contributed by atoms with Crippen molar-refractivity contribution >= 4 is 0 Å². The maximum atomic E-state index is 5.07. The zero-order valence-corrected chi connectivity index (χ0v) is 5.92. The second kappa shape index (κ2) is 2.72. The Morgan fingerprint density at radius 3 is 2.89 bits per heavy atom. The van der Waals surface area contributed by atoms with E-state index in [1.165, 1.54) is 0 Å². The van der Waals surface area contributed by atoms with E-state index >= 15 is 0 Å². The van der Waals surface area contributed by atoms with Crippen LogP contribution >= 0.6 is 0 Å². The Morgan fingerprint density at radius 2 is 2.44 bits per heavy atom. The molecule has 1 nitrogen and oxygen atoms in total. The van der Waals surface area contributed by atoms with Crippen LogP contribution in [0.4, 0.5) is 0 Å². The van der Waals surface area contributed by atoms with Gasteiger partial charge in [0.2, 0.25) is 0 Å². The molecular formula is C8H12O. The molecule has 9 heavy (non-hydrogen) atoms. The summed E-state index contributed by atoms with van der Waals surface area (Å²) < 4.78 is 5.07.